The first-order chi connectivity index (χ1) is 31.7. The number of nitrogens with zero attached hydrogens (tertiary/aromatic N) is 14. The number of hydrogen-bond donors (Lipinski definition) is 0. The lowest BCUT2D eigenvalue weighted by Gasteiger charge is -2.18. The predicted octanol–water partition coefficient (Wildman–Crippen LogP) is 11.6. The molecule has 0 spiro atoms. The van der Waals surface area contributed by atoms with Crippen molar-refractivity contribution in [1.29, 1.82) is 0 Å². The molecule has 0 unspecified atom stereocenters. The van der Waals surface area contributed by atoms with E-state index in [2.05, 4.69) is 162 Å². The number of imidazole rings is 1. The summed E-state index contributed by atoms with van der Waals surface area (Å²) in [5.74, 6) is 0. The fourth-order valence-electron chi connectivity index (χ4n) is 8.30. The van der Waals surface area contributed by atoms with Crippen LogP contribution in [0.4, 0.5) is 0 Å². The highest BCUT2D eigenvalue weighted by Crippen LogP contribution is 2.30. The Balaban J connectivity index is 0.000000140. The first-order valence-electron chi connectivity index (χ1n) is 23.3. The molecule has 68 heavy (non-hydrogen) atoms. The lowest BCUT2D eigenvalue weighted by molar-refractivity contribution is 0.546. The maximum Gasteiger partial charge on any atom is 0.158 e. The van der Waals surface area contributed by atoms with Gasteiger partial charge in [0, 0.05) is 77.1 Å². The Hall–Kier alpha value is -6.83. The second-order valence-electron chi connectivity index (χ2n) is 22.3. The van der Waals surface area contributed by atoms with E-state index in [9.17, 15) is 0 Å². The third-order valence-corrected chi connectivity index (χ3v) is 11.3. The van der Waals surface area contributed by atoms with Crippen molar-refractivity contribution in [3.8, 4) is 0 Å². The van der Waals surface area contributed by atoms with Crippen LogP contribution in [0.1, 0.15) is 143 Å². The van der Waals surface area contributed by atoms with Crippen molar-refractivity contribution >= 4 is 33.4 Å². The van der Waals surface area contributed by atoms with E-state index in [-0.39, 0.29) is 27.1 Å². The maximum absolute atomic E-state index is 4.52. The second-order valence-corrected chi connectivity index (χ2v) is 22.3. The highest BCUT2D eigenvalue weighted by Gasteiger charge is 2.25. The molecule has 358 valence electrons. The SMILES string of the molecule is CC(C)(C)c1cnn2ccccc12.CC(C)(C)c1cnn2ncccc12.Cc1nc2cccnn2c1C(C)(C)C.Cc1nn2cccnc2c1C(C)(C)C.Cn1nc(C(C)(C)C)c2cccnc21. The molecule has 0 saturated carbocycles. The zero-order chi connectivity index (χ0) is 50.0. The number of hydrogen-bond acceptors (Lipinski definition) is 9. The molecule has 0 aliphatic carbocycles. The first-order valence-corrected chi connectivity index (χ1v) is 23.3. The Labute approximate surface area is 401 Å². The molecular weight excluding hydrogens is 845 g/mol. The molecule has 0 amide bonds. The summed E-state index contributed by atoms with van der Waals surface area (Å²) in [5, 5.41) is 27.0. The summed E-state index contributed by atoms with van der Waals surface area (Å²) in [5.41, 5.74) is 13.9. The predicted molar refractivity (Wildman–Crippen MR) is 276 cm³/mol. The summed E-state index contributed by atoms with van der Waals surface area (Å²) >= 11 is 0. The fraction of sp³-hybridized carbons (Fsp3) is 0.426. The molecule has 0 radical (unpaired) electrons. The van der Waals surface area contributed by atoms with Gasteiger partial charge in [0.05, 0.1) is 46.2 Å². The lowest BCUT2D eigenvalue weighted by Crippen LogP contribution is -2.16. The van der Waals surface area contributed by atoms with Crippen molar-refractivity contribution in [3.05, 3.63) is 150 Å². The van der Waals surface area contributed by atoms with Crippen LogP contribution >= 0.6 is 0 Å². The average Bonchev–Trinajstić information content (AvgIpc) is 4.08. The van der Waals surface area contributed by atoms with Crippen molar-refractivity contribution < 1.29 is 0 Å². The van der Waals surface area contributed by atoms with Crippen molar-refractivity contribution in [3.63, 3.8) is 0 Å². The largest absolute Gasteiger partial charge is 0.250 e. The summed E-state index contributed by atoms with van der Waals surface area (Å²) in [4.78, 5) is 13.2. The molecule has 0 aromatic carbocycles. The second kappa shape index (κ2) is 19.4. The zero-order valence-electron chi connectivity index (χ0n) is 43.7. The van der Waals surface area contributed by atoms with Crippen molar-refractivity contribution in [2.24, 2.45) is 7.05 Å². The minimum absolute atomic E-state index is 0.0720. The van der Waals surface area contributed by atoms with Crippen LogP contribution in [0.15, 0.2) is 110 Å². The van der Waals surface area contributed by atoms with Crippen molar-refractivity contribution in [2.45, 2.75) is 145 Å². The van der Waals surface area contributed by atoms with Gasteiger partial charge in [-0.2, -0.15) is 35.2 Å². The highest BCUT2D eigenvalue weighted by molar-refractivity contribution is 5.79. The van der Waals surface area contributed by atoms with Crippen LogP contribution in [0.5, 0.6) is 0 Å². The lowest BCUT2D eigenvalue weighted by atomic mass is 9.87. The molecule has 10 heterocycles. The quantitative estimate of drug-likeness (QED) is 0.145. The van der Waals surface area contributed by atoms with Gasteiger partial charge >= 0.3 is 0 Å². The third-order valence-electron chi connectivity index (χ3n) is 11.3. The standard InChI is InChI=1S/3C11H15N3.C11H14N2.C10H13N3/c1-11(2,3)9-8-6-5-7-12-10(8)14(4)13-9;1-8-9(11(2,3)4)10-12-6-5-7-14(10)13-8;1-8-10(11(2,3)4)14-9(13-8)6-5-7-12-14;1-11(2,3)9-8-12-13-7-5-4-6-10(9)13;1-10(2,3)8-7-12-13-9(8)5-4-6-11-13/h3*5-7H,1-4H3;4-8H,1-3H3;4-7H,1-3H3. The zero-order valence-corrected chi connectivity index (χ0v) is 43.7. The number of aromatic nitrogens is 14. The summed E-state index contributed by atoms with van der Waals surface area (Å²) in [6.07, 6.45) is 14.9. The van der Waals surface area contributed by atoms with Crippen LogP contribution in [-0.2, 0) is 34.1 Å². The molecule has 0 saturated heterocycles. The van der Waals surface area contributed by atoms with Gasteiger partial charge < -0.3 is 0 Å². The number of aryl methyl sites for hydroxylation is 3. The average molecular weight is 917 g/mol. The Morgan fingerprint density at radius 2 is 1.06 bits per heavy atom. The summed E-state index contributed by atoms with van der Waals surface area (Å²) in [6, 6.07) is 19.9. The van der Waals surface area contributed by atoms with Crippen LogP contribution in [0, 0.1) is 13.8 Å². The molecule has 10 rings (SSSR count). The van der Waals surface area contributed by atoms with E-state index in [0.717, 1.165) is 44.9 Å². The minimum Gasteiger partial charge on any atom is -0.250 e. The van der Waals surface area contributed by atoms with Crippen LogP contribution in [0.25, 0.3) is 33.4 Å². The molecule has 10 aromatic rings. The maximum atomic E-state index is 4.52. The highest BCUT2D eigenvalue weighted by atomic mass is 15.4. The number of rotatable bonds is 0. The van der Waals surface area contributed by atoms with Gasteiger partial charge in [-0.25, -0.2) is 28.5 Å². The van der Waals surface area contributed by atoms with E-state index in [0.29, 0.717) is 0 Å². The minimum atomic E-state index is 0.0720. The molecule has 14 nitrogen and oxygen atoms in total. The van der Waals surface area contributed by atoms with E-state index in [1.54, 1.807) is 23.2 Å². The normalized spacial score (nSPS) is 12.3. The van der Waals surface area contributed by atoms with Gasteiger partial charge in [0.25, 0.3) is 0 Å². The van der Waals surface area contributed by atoms with E-state index in [4.69, 9.17) is 0 Å². The topological polar surface area (TPSA) is 139 Å². The van der Waals surface area contributed by atoms with E-state index < -0.39 is 0 Å². The van der Waals surface area contributed by atoms with Crippen LogP contribution in [0.3, 0.4) is 0 Å². The van der Waals surface area contributed by atoms with Crippen LogP contribution in [-0.4, -0.2) is 68.4 Å². The van der Waals surface area contributed by atoms with Gasteiger partial charge in [0.15, 0.2) is 16.9 Å². The van der Waals surface area contributed by atoms with E-state index in [1.165, 1.54) is 27.9 Å². The molecule has 0 fully saturated rings. The molecule has 0 aliphatic rings. The van der Waals surface area contributed by atoms with Gasteiger partial charge in [-0.05, 0) is 84.7 Å². The molecule has 0 N–H and O–H groups in total. The Bertz CT molecular complexity index is 3070. The molecule has 14 heteroatoms. The Kier molecular flexibility index (Phi) is 14.4. The van der Waals surface area contributed by atoms with Crippen LogP contribution < -0.4 is 0 Å². The summed E-state index contributed by atoms with van der Waals surface area (Å²) in [6.45, 7) is 36.8. The smallest absolute Gasteiger partial charge is 0.158 e. The van der Waals surface area contributed by atoms with Crippen LogP contribution in [0.2, 0.25) is 0 Å². The molecular formula is C54H72N14. The number of pyridine rings is 2. The summed E-state index contributed by atoms with van der Waals surface area (Å²) < 4.78 is 9.20. The first kappa shape index (κ1) is 50.6. The molecule has 0 aliphatic heterocycles. The van der Waals surface area contributed by atoms with Gasteiger partial charge in [0.1, 0.15) is 0 Å². The Morgan fingerprint density at radius 1 is 0.471 bits per heavy atom. The van der Waals surface area contributed by atoms with E-state index in [1.807, 2.05) is 119 Å². The fourth-order valence-corrected chi connectivity index (χ4v) is 8.30. The van der Waals surface area contributed by atoms with Gasteiger partial charge in [0.2, 0.25) is 0 Å². The third kappa shape index (κ3) is 11.5. The number of fused-ring (bicyclic) bond motifs is 5. The monoisotopic (exact) mass is 917 g/mol. The van der Waals surface area contributed by atoms with Gasteiger partial charge in [-0.1, -0.05) is 110 Å². The van der Waals surface area contributed by atoms with Crippen molar-refractivity contribution in [1.82, 2.24) is 68.4 Å². The molecule has 0 atom stereocenters. The summed E-state index contributed by atoms with van der Waals surface area (Å²) in [7, 11) is 1.94. The Morgan fingerprint density at radius 3 is 1.72 bits per heavy atom. The molecule has 10 aromatic heterocycles. The van der Waals surface area contributed by atoms with Gasteiger partial charge in [-0.15, -0.1) is 0 Å². The van der Waals surface area contributed by atoms with Crippen molar-refractivity contribution in [2.75, 3.05) is 0 Å². The molecule has 0 bridgehead atoms. The van der Waals surface area contributed by atoms with E-state index >= 15 is 0 Å². The van der Waals surface area contributed by atoms with Gasteiger partial charge in [-0.3, -0.25) is 4.68 Å².